The van der Waals surface area contributed by atoms with E-state index in [9.17, 15) is 4.79 Å². The van der Waals surface area contributed by atoms with Gasteiger partial charge in [-0.1, -0.05) is 12.1 Å². The van der Waals surface area contributed by atoms with Crippen LogP contribution in [0.4, 0.5) is 5.82 Å². The molecule has 0 aromatic carbocycles. The standard InChI is InChI=1S/C12H11N5O/c13-10-5-4-9(7-14-10)8-17-12(18)16-6-2-1-3-11(16)15-17/h1-7H,8H2,(H2,13,14). The van der Waals surface area contributed by atoms with E-state index in [2.05, 4.69) is 10.1 Å². The summed E-state index contributed by atoms with van der Waals surface area (Å²) < 4.78 is 2.91. The first kappa shape index (κ1) is 10.5. The third kappa shape index (κ3) is 1.73. The number of hydrogen-bond donors (Lipinski definition) is 1. The topological polar surface area (TPSA) is 78.2 Å². The molecule has 90 valence electrons. The smallest absolute Gasteiger partial charge is 0.350 e. The molecule has 6 nitrogen and oxygen atoms in total. The van der Waals surface area contributed by atoms with Crippen LogP contribution < -0.4 is 11.4 Å². The Kier molecular flexibility index (Phi) is 2.33. The fraction of sp³-hybridized carbons (Fsp3) is 0.0833. The summed E-state index contributed by atoms with van der Waals surface area (Å²) in [4.78, 5) is 16.0. The maximum absolute atomic E-state index is 12.0. The average Bonchev–Trinajstić information content (AvgIpc) is 2.70. The van der Waals surface area contributed by atoms with Crippen LogP contribution in [0.2, 0.25) is 0 Å². The molecule has 0 aliphatic heterocycles. The molecule has 3 heterocycles. The molecule has 0 amide bonds. The molecule has 0 spiro atoms. The molecule has 0 unspecified atom stereocenters. The molecule has 18 heavy (non-hydrogen) atoms. The van der Waals surface area contributed by atoms with Crippen LogP contribution in [-0.2, 0) is 6.54 Å². The molecular weight excluding hydrogens is 230 g/mol. The minimum atomic E-state index is -0.164. The molecule has 3 aromatic rings. The van der Waals surface area contributed by atoms with Gasteiger partial charge in [-0.2, -0.15) is 0 Å². The van der Waals surface area contributed by atoms with E-state index in [1.54, 1.807) is 30.6 Å². The lowest BCUT2D eigenvalue weighted by Crippen LogP contribution is -2.21. The fourth-order valence-corrected chi connectivity index (χ4v) is 1.77. The summed E-state index contributed by atoms with van der Waals surface area (Å²) in [6, 6.07) is 8.97. The normalized spacial score (nSPS) is 10.9. The van der Waals surface area contributed by atoms with Crippen LogP contribution in [0.3, 0.4) is 0 Å². The van der Waals surface area contributed by atoms with Crippen molar-refractivity contribution in [3.8, 4) is 0 Å². The van der Waals surface area contributed by atoms with E-state index >= 15 is 0 Å². The highest BCUT2D eigenvalue weighted by Gasteiger charge is 2.06. The van der Waals surface area contributed by atoms with Crippen molar-refractivity contribution in [2.75, 3.05) is 5.73 Å². The Morgan fingerprint density at radius 2 is 2.11 bits per heavy atom. The Morgan fingerprint density at radius 3 is 2.83 bits per heavy atom. The van der Waals surface area contributed by atoms with Gasteiger partial charge in [-0.05, 0) is 23.8 Å². The van der Waals surface area contributed by atoms with E-state index in [0.29, 0.717) is 18.0 Å². The second-order valence-electron chi connectivity index (χ2n) is 3.96. The number of nitrogens with two attached hydrogens (primary N) is 1. The first-order valence-corrected chi connectivity index (χ1v) is 5.49. The van der Waals surface area contributed by atoms with Gasteiger partial charge in [-0.15, -0.1) is 5.10 Å². The van der Waals surface area contributed by atoms with Crippen molar-refractivity contribution in [1.82, 2.24) is 19.2 Å². The van der Waals surface area contributed by atoms with Crippen LogP contribution in [0.1, 0.15) is 5.56 Å². The maximum atomic E-state index is 12.0. The summed E-state index contributed by atoms with van der Waals surface area (Å²) in [5, 5.41) is 4.24. The van der Waals surface area contributed by atoms with E-state index < -0.39 is 0 Å². The lowest BCUT2D eigenvalue weighted by atomic mass is 10.3. The Balaban J connectivity index is 2.02. The van der Waals surface area contributed by atoms with Crippen molar-refractivity contribution in [2.24, 2.45) is 0 Å². The Bertz CT molecular complexity index is 741. The molecule has 6 heteroatoms. The van der Waals surface area contributed by atoms with Gasteiger partial charge in [-0.3, -0.25) is 4.40 Å². The van der Waals surface area contributed by atoms with E-state index in [1.807, 2.05) is 12.1 Å². The highest BCUT2D eigenvalue weighted by atomic mass is 16.2. The predicted molar refractivity (Wildman–Crippen MR) is 67.2 cm³/mol. The Hall–Kier alpha value is -2.63. The first-order chi connectivity index (χ1) is 8.74. The van der Waals surface area contributed by atoms with Gasteiger partial charge < -0.3 is 5.73 Å². The molecule has 0 aliphatic rings. The number of fused-ring (bicyclic) bond motifs is 1. The Morgan fingerprint density at radius 1 is 1.22 bits per heavy atom. The zero-order valence-corrected chi connectivity index (χ0v) is 9.52. The predicted octanol–water partition coefficient (Wildman–Crippen LogP) is 0.521. The van der Waals surface area contributed by atoms with E-state index in [0.717, 1.165) is 5.56 Å². The summed E-state index contributed by atoms with van der Waals surface area (Å²) in [5.74, 6) is 0.459. The quantitative estimate of drug-likeness (QED) is 0.709. The number of rotatable bonds is 2. The first-order valence-electron chi connectivity index (χ1n) is 5.49. The molecule has 0 fully saturated rings. The van der Waals surface area contributed by atoms with Crippen LogP contribution in [-0.4, -0.2) is 19.2 Å². The van der Waals surface area contributed by atoms with E-state index in [1.165, 1.54) is 9.08 Å². The molecule has 0 aliphatic carbocycles. The van der Waals surface area contributed by atoms with Crippen molar-refractivity contribution < 1.29 is 0 Å². The third-order valence-electron chi connectivity index (χ3n) is 2.67. The highest BCUT2D eigenvalue weighted by molar-refractivity contribution is 5.35. The fourth-order valence-electron chi connectivity index (χ4n) is 1.77. The van der Waals surface area contributed by atoms with Crippen molar-refractivity contribution in [3.05, 3.63) is 58.8 Å². The Labute approximate surface area is 102 Å². The molecule has 0 atom stereocenters. The summed E-state index contributed by atoms with van der Waals surface area (Å²) >= 11 is 0. The van der Waals surface area contributed by atoms with Gasteiger partial charge in [0.05, 0.1) is 6.54 Å². The number of hydrogen-bond acceptors (Lipinski definition) is 4. The van der Waals surface area contributed by atoms with Gasteiger partial charge in [-0.25, -0.2) is 14.5 Å². The summed E-state index contributed by atoms with van der Waals surface area (Å²) in [5.41, 5.74) is 6.86. The molecule has 2 N–H and O–H groups in total. The molecule has 0 saturated heterocycles. The summed E-state index contributed by atoms with van der Waals surface area (Å²) in [7, 11) is 0. The van der Waals surface area contributed by atoms with Crippen LogP contribution in [0.5, 0.6) is 0 Å². The van der Waals surface area contributed by atoms with Gasteiger partial charge in [0.25, 0.3) is 0 Å². The van der Waals surface area contributed by atoms with Crippen LogP contribution in [0.25, 0.3) is 5.65 Å². The minimum Gasteiger partial charge on any atom is -0.384 e. The van der Waals surface area contributed by atoms with Gasteiger partial charge >= 0.3 is 5.69 Å². The summed E-state index contributed by atoms with van der Waals surface area (Å²) in [6.07, 6.45) is 3.34. The number of aromatic nitrogens is 4. The van der Waals surface area contributed by atoms with Crippen molar-refractivity contribution in [1.29, 1.82) is 0 Å². The zero-order valence-electron chi connectivity index (χ0n) is 9.52. The van der Waals surface area contributed by atoms with Gasteiger partial charge in [0, 0.05) is 12.4 Å². The summed E-state index contributed by atoms with van der Waals surface area (Å²) in [6.45, 7) is 0.383. The van der Waals surface area contributed by atoms with Crippen molar-refractivity contribution >= 4 is 11.5 Å². The number of nitrogen functional groups attached to an aromatic ring is 1. The minimum absolute atomic E-state index is 0.164. The molecule has 3 aromatic heterocycles. The molecule has 0 radical (unpaired) electrons. The van der Waals surface area contributed by atoms with Gasteiger partial charge in [0.15, 0.2) is 5.65 Å². The SMILES string of the molecule is Nc1ccc(Cn2nc3ccccn3c2=O)cn1. The van der Waals surface area contributed by atoms with E-state index in [4.69, 9.17) is 5.73 Å². The van der Waals surface area contributed by atoms with Gasteiger partial charge in [0.1, 0.15) is 5.82 Å². The monoisotopic (exact) mass is 241 g/mol. The second-order valence-corrected chi connectivity index (χ2v) is 3.96. The number of nitrogens with zero attached hydrogens (tertiary/aromatic N) is 4. The zero-order chi connectivity index (χ0) is 12.5. The van der Waals surface area contributed by atoms with Crippen LogP contribution in [0, 0.1) is 0 Å². The average molecular weight is 241 g/mol. The largest absolute Gasteiger partial charge is 0.384 e. The molecule has 3 rings (SSSR count). The molecule has 0 bridgehead atoms. The third-order valence-corrected chi connectivity index (χ3v) is 2.67. The van der Waals surface area contributed by atoms with Crippen LogP contribution in [0.15, 0.2) is 47.5 Å². The van der Waals surface area contributed by atoms with Crippen molar-refractivity contribution in [2.45, 2.75) is 6.54 Å². The second kappa shape index (κ2) is 3.99. The van der Waals surface area contributed by atoms with Gasteiger partial charge in [0.2, 0.25) is 0 Å². The lowest BCUT2D eigenvalue weighted by Gasteiger charge is -1.99. The number of pyridine rings is 2. The highest BCUT2D eigenvalue weighted by Crippen LogP contribution is 2.03. The molecular formula is C12H11N5O. The van der Waals surface area contributed by atoms with Crippen LogP contribution >= 0.6 is 0 Å². The maximum Gasteiger partial charge on any atom is 0.350 e. The number of anilines is 1. The van der Waals surface area contributed by atoms with E-state index in [-0.39, 0.29) is 5.69 Å². The molecule has 0 saturated carbocycles. The lowest BCUT2D eigenvalue weighted by molar-refractivity contribution is 0.657. The van der Waals surface area contributed by atoms with Crippen molar-refractivity contribution in [3.63, 3.8) is 0 Å².